The van der Waals surface area contributed by atoms with E-state index in [1.807, 2.05) is 48.5 Å². The zero-order chi connectivity index (χ0) is 35.1. The number of ether oxygens (including phenoxy) is 4. The molecule has 48 heavy (non-hydrogen) atoms. The van der Waals surface area contributed by atoms with Gasteiger partial charge in [-0.25, -0.2) is 14.4 Å². The number of piperidine rings is 1. The Balaban J connectivity index is 1.56. The number of nitrogens with one attached hydrogen (secondary N) is 2. The summed E-state index contributed by atoms with van der Waals surface area (Å²) < 4.78 is 22.1. The van der Waals surface area contributed by atoms with Crippen molar-refractivity contribution >= 4 is 24.1 Å². The van der Waals surface area contributed by atoms with Gasteiger partial charge in [-0.2, -0.15) is 0 Å². The molecule has 0 radical (unpaired) electrons. The van der Waals surface area contributed by atoms with Gasteiger partial charge in [0, 0.05) is 19.5 Å². The van der Waals surface area contributed by atoms with E-state index >= 15 is 0 Å². The summed E-state index contributed by atoms with van der Waals surface area (Å²) in [6.07, 6.45) is 2.19. The molecule has 2 aromatic rings. The Bertz CT molecular complexity index is 1340. The van der Waals surface area contributed by atoms with Gasteiger partial charge in [0.25, 0.3) is 0 Å². The van der Waals surface area contributed by atoms with Crippen molar-refractivity contribution in [3.05, 3.63) is 65.2 Å². The second kappa shape index (κ2) is 18.9. The molecule has 1 aliphatic rings. The van der Waals surface area contributed by atoms with Gasteiger partial charge in [-0.1, -0.05) is 36.4 Å². The van der Waals surface area contributed by atoms with Crippen LogP contribution in [0.25, 0.3) is 0 Å². The monoisotopic (exact) mass is 667 g/mol. The van der Waals surface area contributed by atoms with Gasteiger partial charge in [-0.05, 0) is 108 Å². The van der Waals surface area contributed by atoms with Crippen LogP contribution in [-0.2, 0) is 30.2 Å². The van der Waals surface area contributed by atoms with Crippen molar-refractivity contribution in [3.63, 3.8) is 0 Å². The fourth-order valence-corrected chi connectivity index (χ4v) is 5.41. The number of esters is 1. The maximum atomic E-state index is 13.5. The molecule has 0 spiro atoms. The average Bonchev–Trinajstić information content (AvgIpc) is 3.04. The quantitative estimate of drug-likeness (QED) is 0.178. The highest BCUT2D eigenvalue weighted by atomic mass is 16.6. The molecule has 0 aromatic heterocycles. The molecule has 2 aromatic carbocycles. The van der Waals surface area contributed by atoms with E-state index in [1.54, 1.807) is 32.6 Å². The van der Waals surface area contributed by atoms with Crippen molar-refractivity contribution < 1.29 is 38.1 Å². The van der Waals surface area contributed by atoms with Gasteiger partial charge in [0.05, 0.1) is 19.8 Å². The minimum Gasteiger partial charge on any atom is -0.494 e. The lowest BCUT2D eigenvalue weighted by atomic mass is 9.95. The third kappa shape index (κ3) is 13.4. The van der Waals surface area contributed by atoms with Crippen LogP contribution >= 0.6 is 0 Å². The Morgan fingerprint density at radius 2 is 1.67 bits per heavy atom. The van der Waals surface area contributed by atoms with Crippen LogP contribution in [0.15, 0.2) is 48.5 Å². The number of likely N-dealkylation sites (tertiary alicyclic amines) is 1. The number of amides is 3. The normalized spacial score (nSPS) is 15.9. The smallest absolute Gasteiger partial charge is 0.409 e. The second-order valence-corrected chi connectivity index (χ2v) is 13.3. The number of aryl methyl sites for hydroxylation is 3. The van der Waals surface area contributed by atoms with Gasteiger partial charge in [0.2, 0.25) is 5.91 Å². The van der Waals surface area contributed by atoms with Crippen LogP contribution in [0.3, 0.4) is 0 Å². The molecular weight excluding hydrogens is 614 g/mol. The minimum absolute atomic E-state index is 0.0217. The topological polar surface area (TPSA) is 132 Å². The van der Waals surface area contributed by atoms with E-state index in [0.29, 0.717) is 32.5 Å². The van der Waals surface area contributed by atoms with E-state index in [2.05, 4.69) is 24.5 Å². The molecule has 11 heteroatoms. The highest BCUT2D eigenvalue weighted by Gasteiger charge is 2.30. The second-order valence-electron chi connectivity index (χ2n) is 13.3. The van der Waals surface area contributed by atoms with Crippen molar-refractivity contribution in [1.29, 1.82) is 0 Å². The van der Waals surface area contributed by atoms with E-state index in [-0.39, 0.29) is 25.6 Å². The van der Waals surface area contributed by atoms with E-state index in [0.717, 1.165) is 30.6 Å². The molecule has 3 rings (SSSR count). The lowest BCUT2D eigenvalue weighted by Gasteiger charge is -2.32. The molecule has 0 aliphatic carbocycles. The number of hydrogen-bond donors (Lipinski definition) is 2. The van der Waals surface area contributed by atoms with Crippen molar-refractivity contribution in [1.82, 2.24) is 15.5 Å². The first kappa shape index (κ1) is 38.2. The number of carbonyl (C=O) groups excluding carboxylic acids is 4. The molecule has 11 nitrogen and oxygen atoms in total. The SMILES string of the molecule is CCOC(=O)[C@H](CCc1ccccc1)NC(=O)[C@H](CCOC(=O)N1CCCC(CCOc2ccc(C)c(C)c2)C1)NC(=O)OC(C)(C)C. The maximum Gasteiger partial charge on any atom is 0.409 e. The van der Waals surface area contributed by atoms with Crippen LogP contribution in [0, 0.1) is 19.8 Å². The number of rotatable bonds is 15. The van der Waals surface area contributed by atoms with E-state index in [1.165, 1.54) is 11.1 Å². The van der Waals surface area contributed by atoms with E-state index in [4.69, 9.17) is 18.9 Å². The first-order chi connectivity index (χ1) is 22.8. The zero-order valence-corrected chi connectivity index (χ0v) is 29.3. The van der Waals surface area contributed by atoms with Crippen LogP contribution in [-0.4, -0.2) is 79.6 Å². The summed E-state index contributed by atoms with van der Waals surface area (Å²) in [5.74, 6) is -0.0532. The van der Waals surface area contributed by atoms with Crippen molar-refractivity contribution in [2.75, 3.05) is 32.9 Å². The summed E-state index contributed by atoms with van der Waals surface area (Å²) in [6, 6.07) is 13.6. The molecular formula is C37H53N3O8. The maximum absolute atomic E-state index is 13.5. The summed E-state index contributed by atoms with van der Waals surface area (Å²) in [7, 11) is 0. The van der Waals surface area contributed by atoms with Gasteiger partial charge in [-0.15, -0.1) is 0 Å². The minimum atomic E-state index is -1.13. The summed E-state index contributed by atoms with van der Waals surface area (Å²) in [5.41, 5.74) is 2.61. The van der Waals surface area contributed by atoms with E-state index in [9.17, 15) is 19.2 Å². The fourth-order valence-electron chi connectivity index (χ4n) is 5.41. The van der Waals surface area contributed by atoms with E-state index < -0.39 is 41.7 Å². The lowest BCUT2D eigenvalue weighted by molar-refractivity contribution is -0.147. The Kier molecular flexibility index (Phi) is 15.0. The summed E-state index contributed by atoms with van der Waals surface area (Å²) in [5, 5.41) is 5.32. The lowest BCUT2D eigenvalue weighted by Crippen LogP contribution is -2.53. The number of benzene rings is 2. The molecule has 1 heterocycles. The largest absolute Gasteiger partial charge is 0.494 e. The number of nitrogens with zero attached hydrogens (tertiary/aromatic N) is 1. The van der Waals surface area contributed by atoms with Crippen LogP contribution in [0.4, 0.5) is 9.59 Å². The van der Waals surface area contributed by atoms with Crippen molar-refractivity contribution in [2.24, 2.45) is 5.92 Å². The molecule has 2 N–H and O–H groups in total. The highest BCUT2D eigenvalue weighted by molar-refractivity contribution is 5.89. The average molecular weight is 668 g/mol. The number of hydrogen-bond acceptors (Lipinski definition) is 8. The zero-order valence-electron chi connectivity index (χ0n) is 29.3. The molecule has 1 aliphatic heterocycles. The first-order valence-electron chi connectivity index (χ1n) is 17.0. The van der Waals surface area contributed by atoms with Crippen LogP contribution < -0.4 is 15.4 Å². The van der Waals surface area contributed by atoms with Gasteiger partial charge in [0.15, 0.2) is 0 Å². The molecule has 0 bridgehead atoms. The molecule has 3 atom stereocenters. The van der Waals surface area contributed by atoms with Gasteiger partial charge < -0.3 is 34.5 Å². The van der Waals surface area contributed by atoms with Crippen molar-refractivity contribution in [2.45, 2.75) is 97.8 Å². The Morgan fingerprint density at radius 3 is 2.35 bits per heavy atom. The third-order valence-corrected chi connectivity index (χ3v) is 8.14. The molecule has 0 saturated carbocycles. The number of alkyl carbamates (subject to hydrolysis) is 1. The fraction of sp³-hybridized carbons (Fsp3) is 0.568. The number of carbonyl (C=O) groups is 4. The van der Waals surface area contributed by atoms with Gasteiger partial charge in [0.1, 0.15) is 23.4 Å². The highest BCUT2D eigenvalue weighted by Crippen LogP contribution is 2.22. The Hall–Kier alpha value is -4.28. The predicted octanol–water partition coefficient (Wildman–Crippen LogP) is 5.89. The standard InChI is InChI=1S/C37H53N3O8/c1-7-45-34(42)32(18-16-28-12-9-8-10-13-28)38-33(41)31(39-35(43)48-37(4,5)6)20-23-47-36(44)40-21-11-14-29(25-40)19-22-46-30-17-15-26(2)27(3)24-30/h8-10,12-13,15,17,24,29,31-32H,7,11,14,16,18-23,25H2,1-6H3,(H,38,41)(H,39,43)/t29?,31-,32-/m0/s1. The molecule has 264 valence electrons. The summed E-state index contributed by atoms with van der Waals surface area (Å²) in [6.45, 7) is 12.7. The van der Waals surface area contributed by atoms with Crippen molar-refractivity contribution in [3.8, 4) is 5.75 Å². The molecule has 1 fully saturated rings. The van der Waals surface area contributed by atoms with Gasteiger partial charge >= 0.3 is 18.2 Å². The molecule has 1 unspecified atom stereocenters. The predicted molar refractivity (Wildman–Crippen MR) is 183 cm³/mol. The van der Waals surface area contributed by atoms with Gasteiger partial charge in [-0.3, -0.25) is 4.79 Å². The van der Waals surface area contributed by atoms with Crippen LogP contribution in [0.5, 0.6) is 5.75 Å². The van der Waals surface area contributed by atoms with Crippen LogP contribution in [0.2, 0.25) is 0 Å². The summed E-state index contributed by atoms with van der Waals surface area (Å²) in [4.78, 5) is 53.6. The van der Waals surface area contributed by atoms with Crippen LogP contribution in [0.1, 0.15) is 76.5 Å². The summed E-state index contributed by atoms with van der Waals surface area (Å²) >= 11 is 0. The third-order valence-electron chi connectivity index (χ3n) is 8.14. The molecule has 1 saturated heterocycles. The first-order valence-corrected chi connectivity index (χ1v) is 17.0. The Labute approximate surface area is 285 Å². The Morgan fingerprint density at radius 1 is 0.917 bits per heavy atom. The molecule has 3 amide bonds.